The van der Waals surface area contributed by atoms with E-state index < -0.39 is 17.7 Å². The standard InChI is InChI=1S/C17H21F3N2O2/c1-10-12(15(23)24-3)14(21-11(2)13(10)17(18,19)20)22-8-6-16(4-5-16)7-9-22/h4-9H2,1-3H3. The van der Waals surface area contributed by atoms with Gasteiger partial charge in [0.2, 0.25) is 0 Å². The van der Waals surface area contributed by atoms with Crippen LogP contribution >= 0.6 is 0 Å². The van der Waals surface area contributed by atoms with Crippen LogP contribution in [0.3, 0.4) is 0 Å². The molecule has 132 valence electrons. The van der Waals surface area contributed by atoms with E-state index in [1.165, 1.54) is 33.8 Å². The number of alkyl halides is 3. The zero-order valence-electron chi connectivity index (χ0n) is 14.1. The molecule has 1 aromatic heterocycles. The number of carbonyl (C=O) groups excluding carboxylic acids is 1. The molecule has 0 radical (unpaired) electrons. The van der Waals surface area contributed by atoms with Crippen LogP contribution in [0.25, 0.3) is 0 Å². The van der Waals surface area contributed by atoms with Crippen LogP contribution in [-0.4, -0.2) is 31.2 Å². The summed E-state index contributed by atoms with van der Waals surface area (Å²) in [5, 5.41) is 0. The lowest BCUT2D eigenvalue weighted by molar-refractivity contribution is -0.138. The van der Waals surface area contributed by atoms with Crippen LogP contribution in [0.1, 0.15) is 52.9 Å². The normalized spacial score (nSPS) is 19.5. The number of hydrogen-bond acceptors (Lipinski definition) is 4. The van der Waals surface area contributed by atoms with Crippen molar-refractivity contribution < 1.29 is 22.7 Å². The van der Waals surface area contributed by atoms with E-state index in [0.29, 0.717) is 24.3 Å². The molecule has 1 aliphatic carbocycles. The van der Waals surface area contributed by atoms with Crippen molar-refractivity contribution in [1.29, 1.82) is 0 Å². The Morgan fingerprint density at radius 2 is 1.75 bits per heavy atom. The fourth-order valence-electron chi connectivity index (χ4n) is 3.70. The molecule has 24 heavy (non-hydrogen) atoms. The molecular weight excluding hydrogens is 321 g/mol. The fraction of sp³-hybridized carbons (Fsp3) is 0.647. The maximum absolute atomic E-state index is 13.3. The van der Waals surface area contributed by atoms with Gasteiger partial charge in [-0.3, -0.25) is 0 Å². The average Bonchev–Trinajstić information content (AvgIpc) is 3.24. The van der Waals surface area contributed by atoms with Crippen LogP contribution in [0.2, 0.25) is 0 Å². The van der Waals surface area contributed by atoms with E-state index in [1.54, 1.807) is 0 Å². The Bertz CT molecular complexity index is 671. The lowest BCUT2D eigenvalue weighted by atomic mass is 9.93. The highest BCUT2D eigenvalue weighted by atomic mass is 19.4. The summed E-state index contributed by atoms with van der Waals surface area (Å²) in [5.41, 5.74) is -0.694. The van der Waals surface area contributed by atoms with Crippen molar-refractivity contribution in [1.82, 2.24) is 4.98 Å². The van der Waals surface area contributed by atoms with E-state index in [0.717, 1.165) is 12.8 Å². The molecule has 4 nitrogen and oxygen atoms in total. The van der Waals surface area contributed by atoms with E-state index >= 15 is 0 Å². The molecule has 0 bridgehead atoms. The molecule has 1 aliphatic heterocycles. The molecule has 2 heterocycles. The number of nitrogens with zero attached hydrogens (tertiary/aromatic N) is 2. The number of pyridine rings is 1. The number of aromatic nitrogens is 1. The van der Waals surface area contributed by atoms with Crippen LogP contribution in [0.5, 0.6) is 0 Å². The van der Waals surface area contributed by atoms with Gasteiger partial charge >= 0.3 is 12.1 Å². The van der Waals surface area contributed by atoms with Gasteiger partial charge in [0.1, 0.15) is 11.4 Å². The van der Waals surface area contributed by atoms with Crippen molar-refractivity contribution in [3.8, 4) is 0 Å². The first-order valence-corrected chi connectivity index (χ1v) is 8.10. The van der Waals surface area contributed by atoms with Crippen molar-refractivity contribution in [3.05, 3.63) is 22.4 Å². The van der Waals surface area contributed by atoms with Gasteiger partial charge < -0.3 is 9.64 Å². The zero-order valence-corrected chi connectivity index (χ0v) is 14.1. The predicted molar refractivity (Wildman–Crippen MR) is 83.2 cm³/mol. The topological polar surface area (TPSA) is 42.4 Å². The van der Waals surface area contributed by atoms with Gasteiger partial charge in [-0.25, -0.2) is 9.78 Å². The first kappa shape index (κ1) is 17.0. The molecular formula is C17H21F3N2O2. The minimum absolute atomic E-state index is 0.0674. The number of carbonyl (C=O) groups is 1. The Morgan fingerprint density at radius 1 is 1.17 bits per heavy atom. The number of hydrogen-bond donors (Lipinski definition) is 0. The van der Waals surface area contributed by atoms with E-state index in [2.05, 4.69) is 4.98 Å². The van der Waals surface area contributed by atoms with Crippen molar-refractivity contribution in [2.75, 3.05) is 25.1 Å². The largest absolute Gasteiger partial charge is 0.465 e. The van der Waals surface area contributed by atoms with Crippen molar-refractivity contribution in [2.24, 2.45) is 5.41 Å². The van der Waals surface area contributed by atoms with Crippen LogP contribution in [0, 0.1) is 19.3 Å². The number of rotatable bonds is 2. The number of aryl methyl sites for hydroxylation is 1. The van der Waals surface area contributed by atoms with Crippen LogP contribution < -0.4 is 4.90 Å². The van der Waals surface area contributed by atoms with Gasteiger partial charge in [-0.1, -0.05) is 0 Å². The zero-order chi connectivity index (χ0) is 17.7. The van der Waals surface area contributed by atoms with Gasteiger partial charge in [0.05, 0.1) is 18.4 Å². The van der Waals surface area contributed by atoms with E-state index in [4.69, 9.17) is 4.74 Å². The Balaban J connectivity index is 2.06. The summed E-state index contributed by atoms with van der Waals surface area (Å²) in [5.74, 6) is -0.451. The van der Waals surface area contributed by atoms with Crippen molar-refractivity contribution in [3.63, 3.8) is 0 Å². The highest BCUT2D eigenvalue weighted by molar-refractivity contribution is 5.97. The molecule has 3 rings (SSSR count). The average molecular weight is 342 g/mol. The number of esters is 1. The molecule has 2 fully saturated rings. The van der Waals surface area contributed by atoms with Gasteiger partial charge in [-0.15, -0.1) is 0 Å². The minimum atomic E-state index is -4.55. The lowest BCUT2D eigenvalue weighted by Gasteiger charge is -2.34. The van der Waals surface area contributed by atoms with Crippen LogP contribution in [0.15, 0.2) is 0 Å². The van der Waals surface area contributed by atoms with Gasteiger partial charge in [-0.2, -0.15) is 13.2 Å². The second kappa shape index (κ2) is 5.63. The third-order valence-electron chi connectivity index (χ3n) is 5.36. The molecule has 1 aromatic rings. The van der Waals surface area contributed by atoms with Gasteiger partial charge in [0.25, 0.3) is 0 Å². The molecule has 0 unspecified atom stereocenters. The summed E-state index contributed by atoms with van der Waals surface area (Å²) in [6.45, 7) is 4.08. The number of ether oxygens (including phenoxy) is 1. The first-order valence-electron chi connectivity index (χ1n) is 8.10. The smallest absolute Gasteiger partial charge is 0.418 e. The number of methoxy groups -OCH3 is 1. The highest BCUT2D eigenvalue weighted by Crippen LogP contribution is 2.54. The summed E-state index contributed by atoms with van der Waals surface area (Å²) < 4.78 is 44.7. The molecule has 2 aliphatic rings. The molecule has 1 saturated carbocycles. The summed E-state index contributed by atoms with van der Waals surface area (Å²) in [4.78, 5) is 18.3. The third kappa shape index (κ3) is 2.84. The lowest BCUT2D eigenvalue weighted by Crippen LogP contribution is -2.37. The van der Waals surface area contributed by atoms with Crippen LogP contribution in [-0.2, 0) is 10.9 Å². The quantitative estimate of drug-likeness (QED) is 0.765. The molecule has 0 atom stereocenters. The number of anilines is 1. The van der Waals surface area contributed by atoms with E-state index in [1.807, 2.05) is 4.90 Å². The molecule has 1 saturated heterocycles. The summed E-state index contributed by atoms with van der Waals surface area (Å²) in [6.07, 6.45) is -0.113. The number of halogens is 3. The molecule has 0 N–H and O–H groups in total. The minimum Gasteiger partial charge on any atom is -0.465 e. The van der Waals surface area contributed by atoms with E-state index in [-0.39, 0.29) is 16.8 Å². The molecule has 0 amide bonds. The maximum Gasteiger partial charge on any atom is 0.418 e. The Hall–Kier alpha value is -1.79. The third-order valence-corrected chi connectivity index (χ3v) is 5.36. The van der Waals surface area contributed by atoms with Crippen molar-refractivity contribution >= 4 is 11.8 Å². The second-order valence-electron chi connectivity index (χ2n) is 6.87. The summed E-state index contributed by atoms with van der Waals surface area (Å²) in [6, 6.07) is 0. The fourth-order valence-corrected chi connectivity index (χ4v) is 3.70. The summed E-state index contributed by atoms with van der Waals surface area (Å²) >= 11 is 0. The Kier molecular flexibility index (Phi) is 4.00. The second-order valence-corrected chi connectivity index (χ2v) is 6.87. The van der Waals surface area contributed by atoms with Crippen LogP contribution in [0.4, 0.5) is 19.0 Å². The van der Waals surface area contributed by atoms with E-state index in [9.17, 15) is 18.0 Å². The SMILES string of the molecule is COC(=O)c1c(N2CCC3(CC2)CC3)nc(C)c(C(F)(F)F)c1C. The molecule has 1 spiro atoms. The maximum atomic E-state index is 13.3. The predicted octanol–water partition coefficient (Wildman–Crippen LogP) is 3.88. The Morgan fingerprint density at radius 3 is 2.21 bits per heavy atom. The number of piperidine rings is 1. The monoisotopic (exact) mass is 342 g/mol. The van der Waals surface area contributed by atoms with Gasteiger partial charge in [-0.05, 0) is 50.5 Å². The highest BCUT2D eigenvalue weighted by Gasteiger charge is 2.45. The molecule has 0 aromatic carbocycles. The van der Waals surface area contributed by atoms with Crippen molar-refractivity contribution in [2.45, 2.75) is 45.7 Å². The molecule has 7 heteroatoms. The first-order chi connectivity index (χ1) is 11.2. The van der Waals surface area contributed by atoms with Gasteiger partial charge in [0.15, 0.2) is 0 Å². The summed E-state index contributed by atoms with van der Waals surface area (Å²) in [7, 11) is 1.17. The Labute approximate surface area is 139 Å². The van der Waals surface area contributed by atoms with Gasteiger partial charge in [0, 0.05) is 13.1 Å².